The lowest BCUT2D eigenvalue weighted by molar-refractivity contribution is -0.136. The van der Waals surface area contributed by atoms with Crippen LogP contribution in [0.25, 0.3) is 0 Å². The van der Waals surface area contributed by atoms with E-state index in [-0.39, 0.29) is 11.9 Å². The number of esters is 1. The molecule has 0 amide bonds. The number of benzene rings is 1. The number of nitrogens with zero attached hydrogens (tertiary/aromatic N) is 1. The van der Waals surface area contributed by atoms with E-state index in [1.165, 1.54) is 5.56 Å². The summed E-state index contributed by atoms with van der Waals surface area (Å²) in [5, 5.41) is 9.38. The lowest BCUT2D eigenvalue weighted by atomic mass is 9.64. The second kappa shape index (κ2) is 3.33. The van der Waals surface area contributed by atoms with Gasteiger partial charge in [0, 0.05) is 11.5 Å². The summed E-state index contributed by atoms with van der Waals surface area (Å²) in [6.45, 7) is 1.95. The van der Waals surface area contributed by atoms with E-state index >= 15 is 0 Å². The number of carbonyl (C=O) groups excluding carboxylic acids is 1. The highest BCUT2D eigenvalue weighted by Crippen LogP contribution is 2.51. The standard InChI is InChI=1S/C14H13NO2/c1-14(8-15)6-5-9-3-2-4-11-13(9)10(14)7-12(16)17-11/h2-4,10H,5-7H2,1H3/t10-,14+/m1/s1. The number of hydrogen-bond donors (Lipinski definition) is 0. The van der Waals surface area contributed by atoms with Gasteiger partial charge in [-0.15, -0.1) is 0 Å². The topological polar surface area (TPSA) is 50.1 Å². The Morgan fingerprint density at radius 3 is 3.12 bits per heavy atom. The molecule has 3 rings (SSSR count). The zero-order valence-electron chi connectivity index (χ0n) is 9.69. The monoisotopic (exact) mass is 227 g/mol. The summed E-state index contributed by atoms with van der Waals surface area (Å²) >= 11 is 0. The minimum Gasteiger partial charge on any atom is -0.426 e. The van der Waals surface area contributed by atoms with Gasteiger partial charge in [0.1, 0.15) is 5.75 Å². The van der Waals surface area contributed by atoms with E-state index in [4.69, 9.17) is 4.74 Å². The number of hydrogen-bond acceptors (Lipinski definition) is 3. The van der Waals surface area contributed by atoms with Crippen LogP contribution < -0.4 is 4.74 Å². The van der Waals surface area contributed by atoms with E-state index in [1.54, 1.807) is 0 Å². The number of carbonyl (C=O) groups is 1. The third-order valence-corrected chi connectivity index (χ3v) is 4.04. The minimum absolute atomic E-state index is 0.00583. The molecule has 0 radical (unpaired) electrons. The van der Waals surface area contributed by atoms with Gasteiger partial charge in [-0.25, -0.2) is 0 Å². The number of ether oxygens (including phenoxy) is 1. The van der Waals surface area contributed by atoms with Crippen LogP contribution in [0.15, 0.2) is 18.2 Å². The van der Waals surface area contributed by atoms with Gasteiger partial charge in [0.15, 0.2) is 0 Å². The first-order valence-corrected chi connectivity index (χ1v) is 5.88. The normalized spacial score (nSPS) is 30.1. The lowest BCUT2D eigenvalue weighted by Crippen LogP contribution is -2.35. The van der Waals surface area contributed by atoms with Gasteiger partial charge < -0.3 is 4.74 Å². The molecule has 0 aromatic heterocycles. The van der Waals surface area contributed by atoms with Crippen molar-refractivity contribution >= 4 is 5.97 Å². The molecule has 2 atom stereocenters. The maximum absolute atomic E-state index is 11.6. The summed E-state index contributed by atoms with van der Waals surface area (Å²) in [5.41, 5.74) is 1.87. The van der Waals surface area contributed by atoms with E-state index in [0.717, 1.165) is 18.4 Å². The van der Waals surface area contributed by atoms with Crippen molar-refractivity contribution in [1.29, 1.82) is 5.26 Å². The maximum Gasteiger partial charge on any atom is 0.311 e. The largest absolute Gasteiger partial charge is 0.426 e. The SMILES string of the molecule is C[C@@]1(C#N)CCc2cccc3c2[C@H]1CC(=O)O3. The molecular formula is C14H13NO2. The van der Waals surface area contributed by atoms with Crippen molar-refractivity contribution in [3.05, 3.63) is 29.3 Å². The van der Waals surface area contributed by atoms with Gasteiger partial charge in [0.25, 0.3) is 0 Å². The molecule has 86 valence electrons. The second-order valence-electron chi connectivity index (χ2n) is 5.09. The summed E-state index contributed by atoms with van der Waals surface area (Å²) in [4.78, 5) is 11.6. The Morgan fingerprint density at radius 2 is 2.35 bits per heavy atom. The van der Waals surface area contributed by atoms with Crippen molar-refractivity contribution < 1.29 is 9.53 Å². The third kappa shape index (κ3) is 1.37. The molecule has 0 saturated carbocycles. The number of nitriles is 1. The van der Waals surface area contributed by atoms with Gasteiger partial charge in [-0.05, 0) is 31.4 Å². The molecule has 0 bridgehead atoms. The second-order valence-corrected chi connectivity index (χ2v) is 5.09. The first-order valence-electron chi connectivity index (χ1n) is 5.88. The molecule has 3 nitrogen and oxygen atoms in total. The summed E-state index contributed by atoms with van der Waals surface area (Å²) in [5.74, 6) is 0.432. The Hall–Kier alpha value is -1.82. The molecule has 1 aromatic carbocycles. The molecular weight excluding hydrogens is 214 g/mol. The minimum atomic E-state index is -0.442. The summed E-state index contributed by atoms with van der Waals surface area (Å²) in [6, 6.07) is 8.21. The van der Waals surface area contributed by atoms with E-state index in [2.05, 4.69) is 12.1 Å². The van der Waals surface area contributed by atoms with Crippen LogP contribution in [0.3, 0.4) is 0 Å². The van der Waals surface area contributed by atoms with Crippen molar-refractivity contribution in [2.45, 2.75) is 32.1 Å². The fourth-order valence-corrected chi connectivity index (χ4v) is 2.97. The fourth-order valence-electron chi connectivity index (χ4n) is 2.97. The number of rotatable bonds is 0. The molecule has 2 aliphatic rings. The van der Waals surface area contributed by atoms with Crippen LogP contribution in [0.2, 0.25) is 0 Å². The quantitative estimate of drug-likeness (QED) is 0.505. The molecule has 0 fully saturated rings. The van der Waals surface area contributed by atoms with Crippen LogP contribution in [0.1, 0.15) is 36.8 Å². The van der Waals surface area contributed by atoms with Crippen LogP contribution in [-0.4, -0.2) is 5.97 Å². The van der Waals surface area contributed by atoms with E-state index in [0.29, 0.717) is 12.2 Å². The molecule has 0 spiro atoms. The van der Waals surface area contributed by atoms with Gasteiger partial charge in [-0.3, -0.25) is 4.79 Å². The molecule has 0 unspecified atom stereocenters. The predicted octanol–water partition coefficient (Wildman–Crippen LogP) is 2.56. The van der Waals surface area contributed by atoms with E-state index < -0.39 is 5.41 Å². The Labute approximate surface area is 100 Å². The molecule has 1 aromatic rings. The third-order valence-electron chi connectivity index (χ3n) is 4.04. The first-order chi connectivity index (χ1) is 8.14. The Balaban J connectivity index is 2.22. The molecule has 1 heterocycles. The molecule has 3 heteroatoms. The zero-order valence-corrected chi connectivity index (χ0v) is 9.69. The predicted molar refractivity (Wildman–Crippen MR) is 61.5 cm³/mol. The van der Waals surface area contributed by atoms with Gasteiger partial charge in [-0.2, -0.15) is 5.26 Å². The summed E-state index contributed by atoms with van der Waals surface area (Å²) in [6.07, 6.45) is 2.03. The van der Waals surface area contributed by atoms with E-state index in [1.807, 2.05) is 19.1 Å². The van der Waals surface area contributed by atoms with Crippen molar-refractivity contribution in [2.75, 3.05) is 0 Å². The van der Waals surface area contributed by atoms with Crippen LogP contribution >= 0.6 is 0 Å². The fraction of sp³-hybridized carbons (Fsp3) is 0.429. The Kier molecular flexibility index (Phi) is 2.03. The van der Waals surface area contributed by atoms with Crippen LogP contribution in [0, 0.1) is 16.7 Å². The summed E-state index contributed by atoms with van der Waals surface area (Å²) in [7, 11) is 0. The Bertz CT molecular complexity index is 544. The molecule has 1 aliphatic carbocycles. The average Bonchev–Trinajstić information content (AvgIpc) is 2.33. The molecule has 1 aliphatic heterocycles. The maximum atomic E-state index is 11.6. The van der Waals surface area contributed by atoms with Crippen molar-refractivity contribution in [3.8, 4) is 11.8 Å². The molecule has 17 heavy (non-hydrogen) atoms. The van der Waals surface area contributed by atoms with E-state index in [9.17, 15) is 10.1 Å². The van der Waals surface area contributed by atoms with Gasteiger partial charge in [0.2, 0.25) is 0 Å². The van der Waals surface area contributed by atoms with Gasteiger partial charge in [-0.1, -0.05) is 12.1 Å². The lowest BCUT2D eigenvalue weighted by Gasteiger charge is -2.40. The van der Waals surface area contributed by atoms with Crippen molar-refractivity contribution in [1.82, 2.24) is 0 Å². The highest BCUT2D eigenvalue weighted by Gasteiger charge is 2.45. The molecule has 0 N–H and O–H groups in total. The van der Waals surface area contributed by atoms with Crippen LogP contribution in [0.4, 0.5) is 0 Å². The van der Waals surface area contributed by atoms with Crippen molar-refractivity contribution in [2.24, 2.45) is 5.41 Å². The zero-order chi connectivity index (χ0) is 12.0. The van der Waals surface area contributed by atoms with Crippen molar-refractivity contribution in [3.63, 3.8) is 0 Å². The average molecular weight is 227 g/mol. The summed E-state index contributed by atoms with van der Waals surface area (Å²) < 4.78 is 5.27. The van der Waals surface area contributed by atoms with Gasteiger partial charge in [0.05, 0.1) is 17.9 Å². The van der Waals surface area contributed by atoms with Crippen LogP contribution in [0.5, 0.6) is 5.75 Å². The highest BCUT2D eigenvalue weighted by atomic mass is 16.5. The highest BCUT2D eigenvalue weighted by molar-refractivity contribution is 5.77. The van der Waals surface area contributed by atoms with Gasteiger partial charge >= 0.3 is 5.97 Å². The smallest absolute Gasteiger partial charge is 0.311 e. The van der Waals surface area contributed by atoms with Crippen LogP contribution in [-0.2, 0) is 11.2 Å². The Morgan fingerprint density at radius 1 is 1.53 bits per heavy atom. The molecule has 0 saturated heterocycles. The number of aryl methyl sites for hydroxylation is 1. The first kappa shape index (κ1) is 10.3.